The first-order valence-electron chi connectivity index (χ1n) is 7.65. The highest BCUT2D eigenvalue weighted by molar-refractivity contribution is 7.10. The van der Waals surface area contributed by atoms with Crippen LogP contribution in [-0.4, -0.2) is 6.61 Å². The highest BCUT2D eigenvalue weighted by Crippen LogP contribution is 2.42. The quantitative estimate of drug-likeness (QED) is 0.675. The zero-order valence-corrected chi connectivity index (χ0v) is 12.8. The fourth-order valence-corrected chi connectivity index (χ4v) is 4.71. The first-order chi connectivity index (χ1) is 10.4. The minimum Gasteiger partial charge on any atom is -0.493 e. The van der Waals surface area contributed by atoms with Gasteiger partial charge in [0.1, 0.15) is 5.75 Å². The predicted molar refractivity (Wildman–Crippen MR) is 85.7 cm³/mol. The molecule has 0 saturated carbocycles. The summed E-state index contributed by atoms with van der Waals surface area (Å²) in [5, 5.41) is 2.22. The molecule has 0 saturated heterocycles. The standard InChI is InChI=1S/C17H20N2OS/c18-19-17(12-4-5-15-11(10-12)6-8-20-15)14-2-1-3-16-13(14)7-9-21-16/h4-5,7,9-10,14,17,19H,1-3,6,8,18H2. The van der Waals surface area contributed by atoms with E-state index in [4.69, 9.17) is 10.6 Å². The van der Waals surface area contributed by atoms with Gasteiger partial charge in [0.25, 0.3) is 0 Å². The van der Waals surface area contributed by atoms with E-state index in [-0.39, 0.29) is 6.04 Å². The molecule has 2 atom stereocenters. The maximum absolute atomic E-state index is 5.93. The number of hydrogen-bond acceptors (Lipinski definition) is 4. The number of hydrazine groups is 1. The first kappa shape index (κ1) is 13.3. The van der Waals surface area contributed by atoms with Gasteiger partial charge in [0.05, 0.1) is 12.6 Å². The third-order valence-electron chi connectivity index (χ3n) is 4.75. The lowest BCUT2D eigenvalue weighted by atomic mass is 9.80. The highest BCUT2D eigenvalue weighted by Gasteiger charge is 2.29. The zero-order chi connectivity index (χ0) is 14.2. The van der Waals surface area contributed by atoms with Crippen molar-refractivity contribution in [1.29, 1.82) is 0 Å². The lowest BCUT2D eigenvalue weighted by Gasteiger charge is -2.30. The molecular weight excluding hydrogens is 280 g/mol. The number of rotatable bonds is 3. The Morgan fingerprint density at radius 3 is 3.14 bits per heavy atom. The number of nitrogens with two attached hydrogens (primary N) is 1. The van der Waals surface area contributed by atoms with Crippen LogP contribution in [0, 0.1) is 0 Å². The number of ether oxygens (including phenoxy) is 1. The summed E-state index contributed by atoms with van der Waals surface area (Å²) in [7, 11) is 0. The molecule has 0 radical (unpaired) electrons. The fourth-order valence-electron chi connectivity index (χ4n) is 3.71. The zero-order valence-electron chi connectivity index (χ0n) is 12.0. The van der Waals surface area contributed by atoms with Gasteiger partial charge >= 0.3 is 0 Å². The SMILES string of the molecule is NNC(c1ccc2c(c1)CCO2)C1CCCc2sccc21. The van der Waals surface area contributed by atoms with Gasteiger partial charge in [0.15, 0.2) is 0 Å². The van der Waals surface area contributed by atoms with Crippen molar-refractivity contribution in [1.82, 2.24) is 5.43 Å². The second-order valence-corrected chi connectivity index (χ2v) is 6.91. The fraction of sp³-hybridized carbons (Fsp3) is 0.412. The molecule has 1 aromatic carbocycles. The molecule has 3 N–H and O–H groups in total. The number of nitrogens with one attached hydrogen (secondary N) is 1. The van der Waals surface area contributed by atoms with Crippen LogP contribution in [0.1, 0.15) is 46.4 Å². The molecule has 21 heavy (non-hydrogen) atoms. The Hall–Kier alpha value is -1.36. The van der Waals surface area contributed by atoms with Crippen molar-refractivity contribution in [2.24, 2.45) is 5.84 Å². The summed E-state index contributed by atoms with van der Waals surface area (Å²) in [5.74, 6) is 7.44. The lowest BCUT2D eigenvalue weighted by Crippen LogP contribution is -2.33. The molecule has 4 heteroatoms. The number of aryl methyl sites for hydroxylation is 1. The van der Waals surface area contributed by atoms with Crippen LogP contribution in [0.3, 0.4) is 0 Å². The van der Waals surface area contributed by atoms with Crippen LogP contribution in [0.5, 0.6) is 5.75 Å². The van der Waals surface area contributed by atoms with Crippen molar-refractivity contribution in [2.45, 2.75) is 37.6 Å². The maximum Gasteiger partial charge on any atom is 0.122 e. The van der Waals surface area contributed by atoms with E-state index in [2.05, 4.69) is 35.1 Å². The Morgan fingerprint density at radius 1 is 1.29 bits per heavy atom. The molecular formula is C17H20N2OS. The Balaban J connectivity index is 1.70. The molecule has 1 aliphatic heterocycles. The molecule has 2 aromatic rings. The summed E-state index contributed by atoms with van der Waals surface area (Å²) in [6, 6.07) is 9.00. The molecule has 2 aliphatic rings. The smallest absolute Gasteiger partial charge is 0.122 e. The van der Waals surface area contributed by atoms with Crippen LogP contribution in [-0.2, 0) is 12.8 Å². The third-order valence-corrected chi connectivity index (χ3v) is 5.75. The molecule has 0 spiro atoms. The van der Waals surface area contributed by atoms with Crippen molar-refractivity contribution in [3.05, 3.63) is 51.2 Å². The van der Waals surface area contributed by atoms with E-state index >= 15 is 0 Å². The van der Waals surface area contributed by atoms with Crippen molar-refractivity contribution in [3.8, 4) is 5.75 Å². The molecule has 3 nitrogen and oxygen atoms in total. The third kappa shape index (κ3) is 2.27. The molecule has 4 rings (SSSR count). The Kier molecular flexibility index (Phi) is 3.45. The number of benzene rings is 1. The van der Waals surface area contributed by atoms with Crippen LogP contribution in [0.25, 0.3) is 0 Å². The highest BCUT2D eigenvalue weighted by atomic mass is 32.1. The predicted octanol–water partition coefficient (Wildman–Crippen LogP) is 3.31. The van der Waals surface area contributed by atoms with E-state index in [1.165, 1.54) is 40.8 Å². The molecule has 2 heterocycles. The minimum absolute atomic E-state index is 0.185. The molecule has 1 aromatic heterocycles. The normalized spacial score (nSPS) is 21.5. The van der Waals surface area contributed by atoms with Gasteiger partial charge in [-0.2, -0.15) is 0 Å². The number of thiophene rings is 1. The van der Waals surface area contributed by atoms with Crippen molar-refractivity contribution in [3.63, 3.8) is 0 Å². The van der Waals surface area contributed by atoms with Crippen LogP contribution >= 0.6 is 11.3 Å². The number of hydrogen-bond donors (Lipinski definition) is 2. The van der Waals surface area contributed by atoms with Crippen molar-refractivity contribution >= 4 is 11.3 Å². The van der Waals surface area contributed by atoms with Gasteiger partial charge in [-0.3, -0.25) is 11.3 Å². The van der Waals surface area contributed by atoms with E-state index in [9.17, 15) is 0 Å². The van der Waals surface area contributed by atoms with E-state index in [1.807, 2.05) is 11.3 Å². The Morgan fingerprint density at radius 2 is 2.24 bits per heavy atom. The van der Waals surface area contributed by atoms with Gasteiger partial charge in [-0.05, 0) is 53.5 Å². The van der Waals surface area contributed by atoms with E-state index in [0.29, 0.717) is 5.92 Å². The van der Waals surface area contributed by atoms with Crippen LogP contribution in [0.4, 0.5) is 0 Å². The molecule has 2 unspecified atom stereocenters. The summed E-state index contributed by atoms with van der Waals surface area (Å²) in [6.45, 7) is 0.803. The van der Waals surface area contributed by atoms with Crippen LogP contribution < -0.4 is 16.0 Å². The van der Waals surface area contributed by atoms with Gasteiger partial charge in [0.2, 0.25) is 0 Å². The summed E-state index contributed by atoms with van der Waals surface area (Å²) in [5.41, 5.74) is 7.16. The Labute approximate surface area is 129 Å². The largest absolute Gasteiger partial charge is 0.493 e. The summed E-state index contributed by atoms with van der Waals surface area (Å²) >= 11 is 1.88. The van der Waals surface area contributed by atoms with Crippen molar-refractivity contribution in [2.75, 3.05) is 6.61 Å². The molecule has 0 amide bonds. The van der Waals surface area contributed by atoms with Gasteiger partial charge in [0, 0.05) is 17.2 Å². The maximum atomic E-state index is 5.93. The van der Waals surface area contributed by atoms with E-state index < -0.39 is 0 Å². The molecule has 0 fully saturated rings. The summed E-state index contributed by atoms with van der Waals surface area (Å²) in [6.07, 6.45) is 4.68. The summed E-state index contributed by atoms with van der Waals surface area (Å²) in [4.78, 5) is 1.54. The second kappa shape index (κ2) is 5.44. The first-order valence-corrected chi connectivity index (χ1v) is 8.53. The Bertz CT molecular complexity index is 652. The van der Waals surface area contributed by atoms with E-state index in [1.54, 1.807) is 0 Å². The second-order valence-electron chi connectivity index (χ2n) is 5.91. The van der Waals surface area contributed by atoms with Gasteiger partial charge in [-0.25, -0.2) is 0 Å². The van der Waals surface area contributed by atoms with Gasteiger partial charge in [-0.1, -0.05) is 12.1 Å². The molecule has 110 valence electrons. The van der Waals surface area contributed by atoms with Gasteiger partial charge < -0.3 is 4.74 Å². The van der Waals surface area contributed by atoms with Crippen LogP contribution in [0.15, 0.2) is 29.6 Å². The summed E-state index contributed by atoms with van der Waals surface area (Å²) < 4.78 is 5.61. The molecule has 1 aliphatic carbocycles. The lowest BCUT2D eigenvalue weighted by molar-refractivity contribution is 0.356. The van der Waals surface area contributed by atoms with E-state index in [0.717, 1.165) is 18.8 Å². The van der Waals surface area contributed by atoms with Crippen LogP contribution in [0.2, 0.25) is 0 Å². The average Bonchev–Trinajstić information content (AvgIpc) is 3.16. The van der Waals surface area contributed by atoms with Gasteiger partial charge in [-0.15, -0.1) is 11.3 Å². The monoisotopic (exact) mass is 300 g/mol. The minimum atomic E-state index is 0.185. The average molecular weight is 300 g/mol. The number of fused-ring (bicyclic) bond motifs is 2. The molecule has 0 bridgehead atoms. The van der Waals surface area contributed by atoms with Crippen molar-refractivity contribution < 1.29 is 4.74 Å². The topological polar surface area (TPSA) is 47.3 Å².